The van der Waals surface area contributed by atoms with Crippen LogP contribution in [0, 0.1) is 0 Å². The molecule has 2 amide bonds. The lowest BCUT2D eigenvalue weighted by molar-refractivity contribution is -0.130. The molecular formula is C18H22N2O5. The van der Waals surface area contributed by atoms with Crippen molar-refractivity contribution in [2.75, 3.05) is 27.8 Å². The number of ether oxygens (including phenoxy) is 2. The number of amides is 2. The van der Waals surface area contributed by atoms with Gasteiger partial charge in [0.2, 0.25) is 5.91 Å². The molecule has 2 rings (SSSR count). The maximum atomic E-state index is 12.3. The van der Waals surface area contributed by atoms with Gasteiger partial charge in [-0.15, -0.1) is 0 Å². The highest BCUT2D eigenvalue weighted by Gasteiger charge is 2.15. The average Bonchev–Trinajstić information content (AvgIpc) is 3.15. The summed E-state index contributed by atoms with van der Waals surface area (Å²) in [5.41, 5.74) is 1.28. The first kappa shape index (κ1) is 18.4. The van der Waals surface area contributed by atoms with Crippen molar-refractivity contribution in [2.24, 2.45) is 0 Å². The molecular weight excluding hydrogens is 324 g/mol. The predicted octanol–water partition coefficient (Wildman–Crippen LogP) is 2.08. The van der Waals surface area contributed by atoms with Crippen LogP contribution in [0.2, 0.25) is 0 Å². The van der Waals surface area contributed by atoms with E-state index in [1.807, 2.05) is 12.1 Å². The molecule has 7 heteroatoms. The van der Waals surface area contributed by atoms with Gasteiger partial charge in [0.15, 0.2) is 11.5 Å². The molecule has 0 saturated carbocycles. The number of nitrogens with zero attached hydrogens (tertiary/aromatic N) is 1. The van der Waals surface area contributed by atoms with E-state index in [1.54, 1.807) is 38.3 Å². The summed E-state index contributed by atoms with van der Waals surface area (Å²) in [4.78, 5) is 25.6. The summed E-state index contributed by atoms with van der Waals surface area (Å²) >= 11 is 0. The largest absolute Gasteiger partial charge is 0.493 e. The van der Waals surface area contributed by atoms with E-state index < -0.39 is 0 Å². The second kappa shape index (κ2) is 8.77. The molecule has 0 bridgehead atoms. The quantitative estimate of drug-likeness (QED) is 0.791. The van der Waals surface area contributed by atoms with E-state index in [2.05, 4.69) is 5.32 Å². The second-order valence-corrected chi connectivity index (χ2v) is 5.42. The van der Waals surface area contributed by atoms with Crippen LogP contribution in [0.25, 0.3) is 0 Å². The van der Waals surface area contributed by atoms with Crippen molar-refractivity contribution in [3.8, 4) is 11.5 Å². The maximum Gasteiger partial charge on any atom is 0.254 e. The van der Waals surface area contributed by atoms with Crippen molar-refractivity contribution < 1.29 is 23.5 Å². The van der Waals surface area contributed by atoms with Crippen LogP contribution in [0.1, 0.15) is 22.3 Å². The van der Waals surface area contributed by atoms with Crippen LogP contribution in [-0.4, -0.2) is 44.5 Å². The normalized spacial score (nSPS) is 10.2. The van der Waals surface area contributed by atoms with Crippen LogP contribution in [0.5, 0.6) is 11.5 Å². The topological polar surface area (TPSA) is 81.0 Å². The molecule has 0 aliphatic carbocycles. The molecule has 1 N–H and O–H groups in total. The van der Waals surface area contributed by atoms with Crippen molar-refractivity contribution in [3.63, 3.8) is 0 Å². The zero-order valence-electron chi connectivity index (χ0n) is 14.6. The summed E-state index contributed by atoms with van der Waals surface area (Å²) in [6.45, 7) is 0.636. The highest BCUT2D eigenvalue weighted by atomic mass is 16.5. The van der Waals surface area contributed by atoms with E-state index in [9.17, 15) is 9.59 Å². The Kier molecular flexibility index (Phi) is 6.45. The molecule has 0 aliphatic rings. The third-order valence-corrected chi connectivity index (χ3v) is 3.73. The van der Waals surface area contributed by atoms with Crippen LogP contribution >= 0.6 is 0 Å². The Balaban J connectivity index is 1.87. The van der Waals surface area contributed by atoms with Crippen molar-refractivity contribution >= 4 is 11.8 Å². The van der Waals surface area contributed by atoms with Crippen LogP contribution in [-0.2, 0) is 11.3 Å². The van der Waals surface area contributed by atoms with E-state index in [1.165, 1.54) is 12.5 Å². The first-order chi connectivity index (χ1) is 12.1. The Hall–Kier alpha value is -2.96. The molecule has 1 aromatic heterocycles. The van der Waals surface area contributed by atoms with Gasteiger partial charge in [-0.25, -0.2) is 0 Å². The SMILES string of the molecule is COc1cccc(CN(C)C(=O)CCNC(=O)c2ccoc2)c1OC. The number of carbonyl (C=O) groups excluding carboxylic acids is 2. The lowest BCUT2D eigenvalue weighted by Gasteiger charge is -2.20. The highest BCUT2D eigenvalue weighted by Crippen LogP contribution is 2.31. The molecule has 0 aliphatic heterocycles. The zero-order chi connectivity index (χ0) is 18.2. The van der Waals surface area contributed by atoms with Crippen molar-refractivity contribution in [2.45, 2.75) is 13.0 Å². The summed E-state index contributed by atoms with van der Waals surface area (Å²) in [5.74, 6) is 0.877. The maximum absolute atomic E-state index is 12.3. The monoisotopic (exact) mass is 346 g/mol. The van der Waals surface area contributed by atoms with Crippen molar-refractivity contribution in [3.05, 3.63) is 47.9 Å². The second-order valence-electron chi connectivity index (χ2n) is 5.42. The number of benzene rings is 1. The van der Waals surface area contributed by atoms with E-state index in [0.29, 0.717) is 23.6 Å². The number of furan rings is 1. The molecule has 0 saturated heterocycles. The molecule has 0 atom stereocenters. The number of para-hydroxylation sites is 1. The van der Waals surface area contributed by atoms with Gasteiger partial charge in [0, 0.05) is 32.1 Å². The lowest BCUT2D eigenvalue weighted by Crippen LogP contribution is -2.31. The van der Waals surface area contributed by atoms with E-state index >= 15 is 0 Å². The minimum Gasteiger partial charge on any atom is -0.493 e. The molecule has 1 aromatic carbocycles. The first-order valence-corrected chi connectivity index (χ1v) is 7.81. The number of hydrogen-bond donors (Lipinski definition) is 1. The van der Waals surface area contributed by atoms with Crippen molar-refractivity contribution in [1.29, 1.82) is 0 Å². The molecule has 0 radical (unpaired) electrons. The van der Waals surface area contributed by atoms with Gasteiger partial charge in [0.1, 0.15) is 6.26 Å². The summed E-state index contributed by atoms with van der Waals surface area (Å²) in [7, 11) is 4.84. The van der Waals surface area contributed by atoms with Gasteiger partial charge < -0.3 is 24.1 Å². The number of carbonyl (C=O) groups is 2. The summed E-state index contributed by atoms with van der Waals surface area (Å²) in [5, 5.41) is 2.68. The first-order valence-electron chi connectivity index (χ1n) is 7.81. The molecule has 1 heterocycles. The number of rotatable bonds is 8. The lowest BCUT2D eigenvalue weighted by atomic mass is 10.1. The van der Waals surface area contributed by atoms with Gasteiger partial charge in [-0.3, -0.25) is 9.59 Å². The molecule has 0 unspecified atom stereocenters. The molecule has 0 spiro atoms. The van der Waals surface area contributed by atoms with Crippen LogP contribution in [0.15, 0.2) is 41.2 Å². The van der Waals surface area contributed by atoms with Gasteiger partial charge in [-0.1, -0.05) is 12.1 Å². The number of hydrogen-bond acceptors (Lipinski definition) is 5. The number of nitrogens with one attached hydrogen (secondary N) is 1. The Labute approximate surface area is 146 Å². The van der Waals surface area contributed by atoms with Crippen LogP contribution in [0.4, 0.5) is 0 Å². The third-order valence-electron chi connectivity index (χ3n) is 3.73. The Morgan fingerprint density at radius 2 is 2.00 bits per heavy atom. The summed E-state index contributed by atoms with van der Waals surface area (Å²) < 4.78 is 15.5. The zero-order valence-corrected chi connectivity index (χ0v) is 14.6. The summed E-state index contributed by atoms with van der Waals surface area (Å²) in [6, 6.07) is 7.10. The van der Waals surface area contributed by atoms with Crippen LogP contribution < -0.4 is 14.8 Å². The molecule has 134 valence electrons. The molecule has 25 heavy (non-hydrogen) atoms. The average molecular weight is 346 g/mol. The fourth-order valence-corrected chi connectivity index (χ4v) is 2.39. The van der Waals surface area contributed by atoms with E-state index in [-0.39, 0.29) is 24.8 Å². The minimum atomic E-state index is -0.265. The van der Waals surface area contributed by atoms with Gasteiger partial charge in [-0.2, -0.15) is 0 Å². The van der Waals surface area contributed by atoms with E-state index in [0.717, 1.165) is 5.56 Å². The number of methoxy groups -OCH3 is 2. The minimum absolute atomic E-state index is 0.0858. The van der Waals surface area contributed by atoms with Gasteiger partial charge >= 0.3 is 0 Å². The van der Waals surface area contributed by atoms with Gasteiger partial charge in [-0.05, 0) is 12.1 Å². The smallest absolute Gasteiger partial charge is 0.254 e. The summed E-state index contributed by atoms with van der Waals surface area (Å²) in [6.07, 6.45) is 2.99. The Morgan fingerprint density at radius 3 is 2.64 bits per heavy atom. The van der Waals surface area contributed by atoms with Gasteiger partial charge in [0.05, 0.1) is 26.0 Å². The fraction of sp³-hybridized carbons (Fsp3) is 0.333. The predicted molar refractivity (Wildman–Crippen MR) is 91.7 cm³/mol. The van der Waals surface area contributed by atoms with Gasteiger partial charge in [0.25, 0.3) is 5.91 Å². The Morgan fingerprint density at radius 1 is 1.20 bits per heavy atom. The Bertz CT molecular complexity index is 712. The standard InChI is InChI=1S/C18H22N2O5/c1-20(11-13-5-4-6-15(23-2)17(13)24-3)16(21)7-9-19-18(22)14-8-10-25-12-14/h4-6,8,10,12H,7,9,11H2,1-3H3,(H,19,22). The van der Waals surface area contributed by atoms with Crippen LogP contribution in [0.3, 0.4) is 0 Å². The molecule has 0 fully saturated rings. The molecule has 7 nitrogen and oxygen atoms in total. The fourth-order valence-electron chi connectivity index (χ4n) is 2.39. The third kappa shape index (κ3) is 4.76. The molecule has 2 aromatic rings. The van der Waals surface area contributed by atoms with Crippen molar-refractivity contribution in [1.82, 2.24) is 10.2 Å². The van der Waals surface area contributed by atoms with E-state index in [4.69, 9.17) is 13.9 Å². The highest BCUT2D eigenvalue weighted by molar-refractivity contribution is 5.94.